The SMILES string of the molecule is COc1ccc2c(c1)CC(C(=O)O)C(Br)C2=O. The van der Waals surface area contributed by atoms with Crippen LogP contribution in [0.5, 0.6) is 5.75 Å². The number of carboxylic acids is 1. The molecular weight excluding hydrogens is 288 g/mol. The van der Waals surface area contributed by atoms with Crippen molar-refractivity contribution in [3.8, 4) is 5.75 Å². The molecule has 90 valence electrons. The second-order valence-electron chi connectivity index (χ2n) is 3.94. The number of methoxy groups -OCH3 is 1. The second kappa shape index (κ2) is 4.49. The van der Waals surface area contributed by atoms with E-state index in [-0.39, 0.29) is 5.78 Å². The van der Waals surface area contributed by atoms with Crippen molar-refractivity contribution in [3.63, 3.8) is 0 Å². The molecule has 17 heavy (non-hydrogen) atoms. The molecule has 2 atom stereocenters. The van der Waals surface area contributed by atoms with E-state index in [1.54, 1.807) is 18.2 Å². The van der Waals surface area contributed by atoms with Crippen LogP contribution >= 0.6 is 15.9 Å². The van der Waals surface area contributed by atoms with Crippen molar-refractivity contribution in [2.24, 2.45) is 5.92 Å². The van der Waals surface area contributed by atoms with Crippen LogP contribution in [0.3, 0.4) is 0 Å². The number of ether oxygens (including phenoxy) is 1. The number of carboxylic acid groups (broad SMARTS) is 1. The molecule has 1 aliphatic carbocycles. The Morgan fingerprint density at radius 2 is 2.24 bits per heavy atom. The number of ketones is 1. The van der Waals surface area contributed by atoms with Gasteiger partial charge in [0.05, 0.1) is 17.9 Å². The number of aliphatic carboxylic acids is 1. The molecule has 0 aliphatic heterocycles. The fourth-order valence-corrected chi connectivity index (χ4v) is 2.65. The number of hydrogen-bond donors (Lipinski definition) is 1. The molecule has 0 amide bonds. The van der Waals surface area contributed by atoms with Gasteiger partial charge >= 0.3 is 5.97 Å². The van der Waals surface area contributed by atoms with Crippen molar-refractivity contribution >= 4 is 27.7 Å². The van der Waals surface area contributed by atoms with E-state index in [1.165, 1.54) is 7.11 Å². The molecule has 4 nitrogen and oxygen atoms in total. The third-order valence-electron chi connectivity index (χ3n) is 2.94. The number of Topliss-reactive ketones (excluding diaryl/α,β-unsaturated/α-hetero) is 1. The second-order valence-corrected chi connectivity index (χ2v) is 4.92. The highest BCUT2D eigenvalue weighted by Gasteiger charge is 2.38. The Morgan fingerprint density at radius 1 is 1.53 bits per heavy atom. The first-order chi connectivity index (χ1) is 8.04. The van der Waals surface area contributed by atoms with Crippen LogP contribution in [-0.2, 0) is 11.2 Å². The molecule has 0 radical (unpaired) electrons. The van der Waals surface area contributed by atoms with Crippen LogP contribution in [0.15, 0.2) is 18.2 Å². The largest absolute Gasteiger partial charge is 0.497 e. The highest BCUT2D eigenvalue weighted by molar-refractivity contribution is 9.10. The predicted molar refractivity (Wildman–Crippen MR) is 64.9 cm³/mol. The summed E-state index contributed by atoms with van der Waals surface area (Å²) in [4.78, 5) is 22.4. The van der Waals surface area contributed by atoms with Gasteiger partial charge in [0.2, 0.25) is 0 Å². The molecule has 0 spiro atoms. The monoisotopic (exact) mass is 298 g/mol. The summed E-state index contributed by atoms with van der Waals surface area (Å²) < 4.78 is 5.07. The maximum absolute atomic E-state index is 12.0. The number of benzene rings is 1. The molecular formula is C12H11BrO4. The van der Waals surface area contributed by atoms with Gasteiger partial charge in [-0.1, -0.05) is 15.9 Å². The topological polar surface area (TPSA) is 63.6 Å². The van der Waals surface area contributed by atoms with E-state index in [9.17, 15) is 9.59 Å². The maximum Gasteiger partial charge on any atom is 0.308 e. The Balaban J connectivity index is 2.45. The van der Waals surface area contributed by atoms with Crippen molar-refractivity contribution < 1.29 is 19.4 Å². The number of fused-ring (bicyclic) bond motifs is 1. The Hall–Kier alpha value is -1.36. The molecule has 1 aliphatic rings. The van der Waals surface area contributed by atoms with Gasteiger partial charge in [0.25, 0.3) is 0 Å². The van der Waals surface area contributed by atoms with Crippen LogP contribution in [0.25, 0.3) is 0 Å². The Morgan fingerprint density at radius 3 is 2.82 bits per heavy atom. The minimum absolute atomic E-state index is 0.179. The molecule has 0 fully saturated rings. The zero-order valence-corrected chi connectivity index (χ0v) is 10.7. The lowest BCUT2D eigenvalue weighted by atomic mass is 9.83. The van der Waals surface area contributed by atoms with Gasteiger partial charge in [-0.05, 0) is 30.2 Å². The molecule has 2 rings (SSSR count). The normalized spacial score (nSPS) is 23.1. The van der Waals surface area contributed by atoms with Crippen LogP contribution in [-0.4, -0.2) is 28.8 Å². The zero-order valence-electron chi connectivity index (χ0n) is 9.14. The zero-order chi connectivity index (χ0) is 12.6. The van der Waals surface area contributed by atoms with Crippen LogP contribution in [0.2, 0.25) is 0 Å². The van der Waals surface area contributed by atoms with Gasteiger partial charge < -0.3 is 9.84 Å². The molecule has 1 N–H and O–H groups in total. The van der Waals surface area contributed by atoms with Crippen LogP contribution in [0, 0.1) is 5.92 Å². The molecule has 0 aromatic heterocycles. The fraction of sp³-hybridized carbons (Fsp3) is 0.333. The Kier molecular flexibility index (Phi) is 3.19. The average Bonchev–Trinajstić information content (AvgIpc) is 2.32. The standard InChI is InChI=1S/C12H11BrO4/c1-17-7-2-3-8-6(4-7)5-9(12(15)16)10(13)11(8)14/h2-4,9-10H,5H2,1H3,(H,15,16). The maximum atomic E-state index is 12.0. The van der Waals surface area contributed by atoms with Gasteiger partial charge in [-0.25, -0.2) is 0 Å². The summed E-state index contributed by atoms with van der Waals surface area (Å²) in [5, 5.41) is 9.07. The molecule has 1 aromatic rings. The predicted octanol–water partition coefficient (Wildman–Crippen LogP) is 1.90. The van der Waals surface area contributed by atoms with Gasteiger partial charge in [-0.2, -0.15) is 0 Å². The van der Waals surface area contributed by atoms with Crippen LogP contribution in [0.1, 0.15) is 15.9 Å². The van der Waals surface area contributed by atoms with E-state index < -0.39 is 16.7 Å². The third-order valence-corrected chi connectivity index (χ3v) is 3.99. The molecule has 5 heteroatoms. The Bertz CT molecular complexity index is 483. The van der Waals surface area contributed by atoms with E-state index in [0.717, 1.165) is 5.56 Å². The van der Waals surface area contributed by atoms with Crippen molar-refractivity contribution in [3.05, 3.63) is 29.3 Å². The number of rotatable bonds is 2. The van der Waals surface area contributed by atoms with Gasteiger partial charge in [0, 0.05) is 5.56 Å². The van der Waals surface area contributed by atoms with E-state index >= 15 is 0 Å². The van der Waals surface area contributed by atoms with Crippen LogP contribution in [0.4, 0.5) is 0 Å². The third kappa shape index (κ3) is 2.07. The van der Waals surface area contributed by atoms with Crippen molar-refractivity contribution in [2.75, 3.05) is 7.11 Å². The fourth-order valence-electron chi connectivity index (χ4n) is 1.99. The number of carbonyl (C=O) groups is 2. The summed E-state index contributed by atoms with van der Waals surface area (Å²) in [5.41, 5.74) is 1.31. The summed E-state index contributed by atoms with van der Waals surface area (Å²) in [7, 11) is 1.54. The average molecular weight is 299 g/mol. The number of halogens is 1. The van der Waals surface area contributed by atoms with Crippen molar-refractivity contribution in [1.29, 1.82) is 0 Å². The smallest absolute Gasteiger partial charge is 0.308 e. The summed E-state index contributed by atoms with van der Waals surface area (Å²) in [6.07, 6.45) is 0.337. The highest BCUT2D eigenvalue weighted by Crippen LogP contribution is 2.32. The minimum atomic E-state index is -0.964. The Labute approximate surface area is 107 Å². The molecule has 0 saturated heterocycles. The number of carbonyl (C=O) groups excluding carboxylic acids is 1. The van der Waals surface area contributed by atoms with Crippen molar-refractivity contribution in [1.82, 2.24) is 0 Å². The minimum Gasteiger partial charge on any atom is -0.497 e. The van der Waals surface area contributed by atoms with Crippen molar-refractivity contribution in [2.45, 2.75) is 11.2 Å². The molecule has 0 saturated carbocycles. The van der Waals surface area contributed by atoms with E-state index in [4.69, 9.17) is 9.84 Å². The number of alkyl halides is 1. The number of hydrogen-bond acceptors (Lipinski definition) is 3. The summed E-state index contributed by atoms with van der Waals surface area (Å²) >= 11 is 3.16. The summed E-state index contributed by atoms with van der Waals surface area (Å²) in [6.45, 7) is 0. The summed E-state index contributed by atoms with van der Waals surface area (Å²) in [5.74, 6) is -1.23. The first-order valence-corrected chi connectivity index (χ1v) is 6.04. The molecule has 2 unspecified atom stereocenters. The molecule has 0 heterocycles. The highest BCUT2D eigenvalue weighted by atomic mass is 79.9. The van der Waals surface area contributed by atoms with E-state index in [0.29, 0.717) is 17.7 Å². The van der Waals surface area contributed by atoms with E-state index in [1.807, 2.05) is 0 Å². The van der Waals surface area contributed by atoms with Crippen LogP contribution < -0.4 is 4.74 Å². The van der Waals surface area contributed by atoms with E-state index in [2.05, 4.69) is 15.9 Å². The van der Waals surface area contributed by atoms with Gasteiger partial charge in [0.1, 0.15) is 5.75 Å². The van der Waals surface area contributed by atoms with Gasteiger partial charge in [-0.15, -0.1) is 0 Å². The lowest BCUT2D eigenvalue weighted by Crippen LogP contribution is -2.36. The lowest BCUT2D eigenvalue weighted by Gasteiger charge is -2.25. The van der Waals surface area contributed by atoms with Gasteiger partial charge in [-0.3, -0.25) is 9.59 Å². The molecule has 1 aromatic carbocycles. The summed E-state index contributed by atoms with van der Waals surface area (Å²) in [6, 6.07) is 5.11. The van der Waals surface area contributed by atoms with Gasteiger partial charge in [0.15, 0.2) is 5.78 Å². The lowest BCUT2D eigenvalue weighted by molar-refractivity contribution is -0.141. The molecule has 0 bridgehead atoms. The quantitative estimate of drug-likeness (QED) is 0.847. The first-order valence-electron chi connectivity index (χ1n) is 5.12. The first kappa shape index (κ1) is 12.1.